The molecule has 0 radical (unpaired) electrons. The van der Waals surface area contributed by atoms with Gasteiger partial charge in [-0.15, -0.1) is 0 Å². The monoisotopic (exact) mass is 362 g/mol. The first-order chi connectivity index (χ1) is 12.2. The van der Waals surface area contributed by atoms with Crippen molar-refractivity contribution in [2.45, 2.75) is 70.5 Å². The SMILES string of the molecule is COC(=O)[C@]12CC[C@H](O)C(C)(C)[C@@H]1CC[C@@]1(C)c3occc3[C@H](O)C[C@H]21. The van der Waals surface area contributed by atoms with Gasteiger partial charge in [0.15, 0.2) is 0 Å². The van der Waals surface area contributed by atoms with Gasteiger partial charge in [0, 0.05) is 11.0 Å². The quantitative estimate of drug-likeness (QED) is 0.749. The fourth-order valence-electron chi connectivity index (χ4n) is 6.77. The number of aliphatic hydroxyl groups is 2. The average Bonchev–Trinajstić information content (AvgIpc) is 3.10. The molecule has 0 unspecified atom stereocenters. The zero-order valence-electron chi connectivity index (χ0n) is 16.1. The van der Waals surface area contributed by atoms with Crippen molar-refractivity contribution < 1.29 is 24.2 Å². The van der Waals surface area contributed by atoms with E-state index in [0.717, 1.165) is 24.2 Å². The van der Waals surface area contributed by atoms with Crippen LogP contribution in [0.3, 0.4) is 0 Å². The molecule has 5 heteroatoms. The molecule has 1 aromatic heterocycles. The van der Waals surface area contributed by atoms with Crippen LogP contribution in [0, 0.1) is 22.7 Å². The van der Waals surface area contributed by atoms with Gasteiger partial charge >= 0.3 is 5.97 Å². The molecule has 1 heterocycles. The van der Waals surface area contributed by atoms with Crippen LogP contribution in [-0.4, -0.2) is 29.4 Å². The van der Waals surface area contributed by atoms with Crippen molar-refractivity contribution in [1.82, 2.24) is 0 Å². The molecule has 5 nitrogen and oxygen atoms in total. The lowest BCUT2D eigenvalue weighted by atomic mass is 9.40. The predicted molar refractivity (Wildman–Crippen MR) is 95.3 cm³/mol. The summed E-state index contributed by atoms with van der Waals surface area (Å²) >= 11 is 0. The van der Waals surface area contributed by atoms with Gasteiger partial charge in [0.25, 0.3) is 0 Å². The highest BCUT2D eigenvalue weighted by atomic mass is 16.5. The van der Waals surface area contributed by atoms with Crippen molar-refractivity contribution in [1.29, 1.82) is 0 Å². The predicted octanol–water partition coefficient (Wildman–Crippen LogP) is 3.34. The van der Waals surface area contributed by atoms with Crippen molar-refractivity contribution in [3.63, 3.8) is 0 Å². The van der Waals surface area contributed by atoms with Crippen molar-refractivity contribution in [3.05, 3.63) is 23.7 Å². The molecule has 26 heavy (non-hydrogen) atoms. The lowest BCUT2D eigenvalue weighted by Gasteiger charge is -2.63. The number of esters is 1. The number of rotatable bonds is 1. The highest BCUT2D eigenvalue weighted by molar-refractivity contribution is 5.79. The number of carbonyl (C=O) groups excluding carboxylic acids is 1. The normalized spacial score (nSPS) is 43.8. The highest BCUT2D eigenvalue weighted by Gasteiger charge is 2.68. The first-order valence-corrected chi connectivity index (χ1v) is 9.72. The van der Waals surface area contributed by atoms with Crippen LogP contribution in [0.5, 0.6) is 0 Å². The lowest BCUT2D eigenvalue weighted by molar-refractivity contribution is -0.205. The summed E-state index contributed by atoms with van der Waals surface area (Å²) < 4.78 is 11.2. The first-order valence-electron chi connectivity index (χ1n) is 9.72. The summed E-state index contributed by atoms with van der Waals surface area (Å²) in [5.41, 5.74) is -0.517. The topological polar surface area (TPSA) is 79.9 Å². The molecule has 1 aromatic rings. The molecular formula is C21H30O5. The van der Waals surface area contributed by atoms with Gasteiger partial charge in [0.2, 0.25) is 0 Å². The van der Waals surface area contributed by atoms with Gasteiger partial charge in [0.1, 0.15) is 5.76 Å². The van der Waals surface area contributed by atoms with E-state index >= 15 is 0 Å². The highest BCUT2D eigenvalue weighted by Crippen LogP contribution is 2.68. The number of hydrogen-bond acceptors (Lipinski definition) is 5. The van der Waals surface area contributed by atoms with Crippen molar-refractivity contribution in [3.8, 4) is 0 Å². The smallest absolute Gasteiger partial charge is 0.312 e. The van der Waals surface area contributed by atoms with E-state index in [0.29, 0.717) is 19.3 Å². The van der Waals surface area contributed by atoms with Crippen molar-refractivity contribution in [2.75, 3.05) is 7.11 Å². The maximum atomic E-state index is 13.3. The fraction of sp³-hybridized carbons (Fsp3) is 0.762. The Balaban J connectivity index is 1.90. The molecule has 0 amide bonds. The second-order valence-corrected chi connectivity index (χ2v) is 9.43. The Morgan fingerprint density at radius 3 is 2.62 bits per heavy atom. The van der Waals surface area contributed by atoms with Crippen LogP contribution in [-0.2, 0) is 14.9 Å². The van der Waals surface area contributed by atoms with Crippen LogP contribution in [0.15, 0.2) is 16.7 Å². The second kappa shape index (κ2) is 5.59. The van der Waals surface area contributed by atoms with Crippen LogP contribution in [0.4, 0.5) is 0 Å². The molecule has 144 valence electrons. The average molecular weight is 362 g/mol. The Hall–Kier alpha value is -1.33. The molecule has 0 spiro atoms. The van der Waals surface area contributed by atoms with E-state index in [9.17, 15) is 15.0 Å². The van der Waals surface area contributed by atoms with Crippen LogP contribution in [0.2, 0.25) is 0 Å². The third kappa shape index (κ3) is 2.02. The Kier molecular flexibility index (Phi) is 3.88. The van der Waals surface area contributed by atoms with Crippen molar-refractivity contribution in [2.24, 2.45) is 22.7 Å². The number of ether oxygens (including phenoxy) is 1. The molecule has 2 fully saturated rings. The van der Waals surface area contributed by atoms with Gasteiger partial charge < -0.3 is 19.4 Å². The molecule has 2 saturated carbocycles. The van der Waals surface area contributed by atoms with Gasteiger partial charge in [-0.3, -0.25) is 4.79 Å². The number of carbonyl (C=O) groups is 1. The van der Waals surface area contributed by atoms with Crippen LogP contribution < -0.4 is 0 Å². The summed E-state index contributed by atoms with van der Waals surface area (Å²) in [7, 11) is 1.45. The summed E-state index contributed by atoms with van der Waals surface area (Å²) in [6.07, 6.45) is 4.00. The standard InChI is InChI=1S/C21H30O5/c1-19(2)14-5-8-20(3)15(11-13(22)12-7-10-26-17(12)20)21(14,18(24)25-4)9-6-16(19)23/h7,10,13-16,22-23H,5-6,8-9,11H2,1-4H3/t13-,14+,15+,16+,20-,21-/m1/s1. The molecule has 0 aromatic carbocycles. The molecule has 3 aliphatic carbocycles. The van der Waals surface area contributed by atoms with E-state index in [1.54, 1.807) is 6.26 Å². The first kappa shape index (κ1) is 18.1. The summed E-state index contributed by atoms with van der Waals surface area (Å²) in [4.78, 5) is 13.3. The number of aliphatic hydroxyl groups excluding tert-OH is 2. The Morgan fingerprint density at radius 1 is 1.19 bits per heavy atom. The zero-order valence-corrected chi connectivity index (χ0v) is 16.1. The maximum Gasteiger partial charge on any atom is 0.312 e. The molecular weight excluding hydrogens is 332 g/mol. The Labute approximate surface area is 154 Å². The largest absolute Gasteiger partial charge is 0.469 e. The van der Waals surface area contributed by atoms with E-state index in [1.165, 1.54) is 7.11 Å². The summed E-state index contributed by atoms with van der Waals surface area (Å²) in [6.45, 7) is 6.31. The second-order valence-electron chi connectivity index (χ2n) is 9.43. The van der Waals surface area contributed by atoms with E-state index in [1.807, 2.05) is 6.07 Å². The minimum Gasteiger partial charge on any atom is -0.469 e. The number of hydrogen-bond donors (Lipinski definition) is 2. The maximum absolute atomic E-state index is 13.3. The molecule has 4 rings (SSSR count). The number of furan rings is 1. The van der Waals surface area contributed by atoms with E-state index in [2.05, 4.69) is 20.8 Å². The molecule has 2 N–H and O–H groups in total. The van der Waals surface area contributed by atoms with Gasteiger partial charge in [0.05, 0.1) is 31.0 Å². The lowest BCUT2D eigenvalue weighted by Crippen LogP contribution is -2.65. The van der Waals surface area contributed by atoms with Gasteiger partial charge in [-0.1, -0.05) is 20.8 Å². The van der Waals surface area contributed by atoms with Crippen LogP contribution >= 0.6 is 0 Å². The Bertz CT molecular complexity index is 722. The minimum atomic E-state index is -0.698. The molecule has 0 saturated heterocycles. The molecule has 3 aliphatic rings. The van der Waals surface area contributed by atoms with E-state index in [-0.39, 0.29) is 28.6 Å². The molecule has 0 aliphatic heterocycles. The zero-order chi connectivity index (χ0) is 18.9. The van der Waals surface area contributed by atoms with Crippen LogP contribution in [0.1, 0.15) is 70.3 Å². The van der Waals surface area contributed by atoms with E-state index < -0.39 is 17.6 Å². The third-order valence-electron chi connectivity index (χ3n) is 8.15. The van der Waals surface area contributed by atoms with Crippen molar-refractivity contribution >= 4 is 5.97 Å². The summed E-state index contributed by atoms with van der Waals surface area (Å²) in [5, 5.41) is 21.4. The third-order valence-corrected chi connectivity index (χ3v) is 8.15. The molecule has 6 atom stereocenters. The summed E-state index contributed by atoms with van der Waals surface area (Å²) in [5.74, 6) is 0.585. The molecule has 0 bridgehead atoms. The Morgan fingerprint density at radius 2 is 1.92 bits per heavy atom. The fourth-order valence-corrected chi connectivity index (χ4v) is 6.77. The number of methoxy groups -OCH3 is 1. The number of fused-ring (bicyclic) bond motifs is 5. The van der Waals surface area contributed by atoms with Gasteiger partial charge in [-0.2, -0.15) is 0 Å². The summed E-state index contributed by atoms with van der Waals surface area (Å²) in [6, 6.07) is 1.85. The van der Waals surface area contributed by atoms with Crippen LogP contribution in [0.25, 0.3) is 0 Å². The van der Waals surface area contributed by atoms with Gasteiger partial charge in [-0.05, 0) is 55.4 Å². The van der Waals surface area contributed by atoms with Gasteiger partial charge in [-0.25, -0.2) is 0 Å². The minimum absolute atomic E-state index is 0.0213. The van der Waals surface area contributed by atoms with E-state index in [4.69, 9.17) is 9.15 Å².